The van der Waals surface area contributed by atoms with E-state index in [2.05, 4.69) is 73.7 Å². The van der Waals surface area contributed by atoms with Gasteiger partial charge in [-0.3, -0.25) is 0 Å². The Labute approximate surface area is 237 Å². The minimum Gasteiger partial charge on any atom is -0.394 e. The highest BCUT2D eigenvalue weighted by Crippen LogP contribution is 2.29. The van der Waals surface area contributed by atoms with Gasteiger partial charge in [-0.1, -0.05) is 104 Å². The lowest BCUT2D eigenvalue weighted by molar-refractivity contribution is -0.193. The fourth-order valence-electron chi connectivity index (χ4n) is 5.43. The monoisotopic (exact) mass is 540 g/mol. The number of aliphatic hydroxyl groups is 1. The van der Waals surface area contributed by atoms with E-state index in [-0.39, 0.29) is 24.9 Å². The van der Waals surface area contributed by atoms with E-state index < -0.39 is 6.10 Å². The average Bonchev–Trinajstić information content (AvgIpc) is 2.99. The largest absolute Gasteiger partial charge is 0.394 e. The molecule has 4 aromatic carbocycles. The summed E-state index contributed by atoms with van der Waals surface area (Å²) in [4.78, 5) is 0. The summed E-state index contributed by atoms with van der Waals surface area (Å²) in [5.41, 5.74) is 3.34. The summed E-state index contributed by atoms with van der Waals surface area (Å²) >= 11 is 0. The standard InChI is InChI=1S/C35H40O5/c1-26-18-32(39-24-29-16-17-30-14-8-9-15-31(30)20-29)34(21-36)40-35(25-37-22-27-10-4-2-5-11-27)33(19-26)38-23-28-12-6-3-7-13-28/h2-17,20,26,32-36H,18-19,21-25H2,1H3/t26-,32+,33-,34-,35+/m1/s1. The third kappa shape index (κ3) is 8.00. The summed E-state index contributed by atoms with van der Waals surface area (Å²) in [5, 5.41) is 12.8. The molecule has 4 aromatic rings. The van der Waals surface area contributed by atoms with Crippen LogP contribution in [0.1, 0.15) is 36.5 Å². The Morgan fingerprint density at radius 1 is 0.650 bits per heavy atom. The minimum absolute atomic E-state index is 0.129. The Balaban J connectivity index is 1.28. The quantitative estimate of drug-likeness (QED) is 0.229. The molecule has 1 fully saturated rings. The summed E-state index contributed by atoms with van der Waals surface area (Å²) in [7, 11) is 0. The van der Waals surface area contributed by atoms with E-state index in [0.29, 0.717) is 32.3 Å². The van der Waals surface area contributed by atoms with Crippen LogP contribution in [0.3, 0.4) is 0 Å². The maximum absolute atomic E-state index is 10.4. The Morgan fingerprint density at radius 3 is 1.90 bits per heavy atom. The molecule has 5 rings (SSSR count). The molecule has 1 N–H and O–H groups in total. The number of ether oxygens (including phenoxy) is 4. The molecule has 5 heteroatoms. The molecule has 0 amide bonds. The number of hydrogen-bond donors (Lipinski definition) is 1. The third-order valence-corrected chi connectivity index (χ3v) is 7.61. The van der Waals surface area contributed by atoms with Crippen molar-refractivity contribution in [3.63, 3.8) is 0 Å². The van der Waals surface area contributed by atoms with E-state index in [1.165, 1.54) is 10.8 Å². The van der Waals surface area contributed by atoms with E-state index in [1.807, 2.05) is 36.4 Å². The number of aliphatic hydroxyl groups excluding tert-OH is 1. The van der Waals surface area contributed by atoms with Crippen LogP contribution in [0.25, 0.3) is 10.8 Å². The summed E-state index contributed by atoms with van der Waals surface area (Å²) in [6.07, 6.45) is 0.386. The summed E-state index contributed by atoms with van der Waals surface area (Å²) in [5.74, 6) is 0.317. The Morgan fingerprint density at radius 2 is 1.23 bits per heavy atom. The van der Waals surface area contributed by atoms with Crippen LogP contribution < -0.4 is 0 Å². The number of hydrogen-bond acceptors (Lipinski definition) is 5. The molecule has 0 unspecified atom stereocenters. The smallest absolute Gasteiger partial charge is 0.108 e. The minimum atomic E-state index is -0.476. The van der Waals surface area contributed by atoms with Crippen LogP contribution in [-0.2, 0) is 38.8 Å². The summed E-state index contributed by atoms with van der Waals surface area (Å²) in [6.45, 7) is 3.93. The fraction of sp³-hybridized carbons (Fsp3) is 0.371. The van der Waals surface area contributed by atoms with Crippen molar-refractivity contribution in [2.45, 2.75) is 64.0 Å². The predicted octanol–water partition coefficient (Wildman–Crippen LogP) is 6.70. The first-order valence-corrected chi connectivity index (χ1v) is 14.3. The van der Waals surface area contributed by atoms with Gasteiger partial charge in [-0.25, -0.2) is 0 Å². The van der Waals surface area contributed by atoms with Crippen LogP contribution in [0, 0.1) is 5.92 Å². The zero-order chi connectivity index (χ0) is 27.6. The second-order valence-electron chi connectivity index (χ2n) is 10.8. The van der Waals surface area contributed by atoms with Gasteiger partial charge >= 0.3 is 0 Å². The van der Waals surface area contributed by atoms with Crippen LogP contribution in [0.2, 0.25) is 0 Å². The lowest BCUT2D eigenvalue weighted by Crippen LogP contribution is -2.47. The number of rotatable bonds is 11. The molecule has 0 aliphatic carbocycles. The van der Waals surface area contributed by atoms with Gasteiger partial charge < -0.3 is 24.1 Å². The molecule has 0 radical (unpaired) electrons. The van der Waals surface area contributed by atoms with Gasteiger partial charge in [0.25, 0.3) is 0 Å². The first-order valence-electron chi connectivity index (χ1n) is 14.3. The maximum atomic E-state index is 10.4. The van der Waals surface area contributed by atoms with Gasteiger partial charge in [0, 0.05) is 0 Å². The molecule has 1 aliphatic heterocycles. The second kappa shape index (κ2) is 14.5. The zero-order valence-electron chi connectivity index (χ0n) is 23.2. The van der Waals surface area contributed by atoms with Crippen molar-refractivity contribution in [2.24, 2.45) is 5.92 Å². The lowest BCUT2D eigenvalue weighted by Gasteiger charge is -2.38. The SMILES string of the molecule is C[C@@H]1C[C@H](OCc2ccc3ccccc3c2)[C@@H](CO)O[C@@H](COCc2ccccc2)[C@H](OCc2ccccc2)C1. The Bertz CT molecular complexity index is 1290. The van der Waals surface area contributed by atoms with Gasteiger partial charge in [-0.05, 0) is 52.3 Å². The normalized spacial score (nSPS) is 23.5. The molecule has 1 saturated heterocycles. The van der Waals surface area contributed by atoms with Crippen molar-refractivity contribution < 1.29 is 24.1 Å². The van der Waals surface area contributed by atoms with E-state index >= 15 is 0 Å². The number of fused-ring (bicyclic) bond motifs is 1. The zero-order valence-corrected chi connectivity index (χ0v) is 23.2. The predicted molar refractivity (Wildman–Crippen MR) is 158 cm³/mol. The van der Waals surface area contributed by atoms with Gasteiger partial charge in [-0.2, -0.15) is 0 Å². The molecule has 0 aromatic heterocycles. The van der Waals surface area contributed by atoms with Gasteiger partial charge in [0.05, 0.1) is 45.2 Å². The summed E-state index contributed by atoms with van der Waals surface area (Å²) in [6, 6.07) is 35.1. The van der Waals surface area contributed by atoms with Crippen molar-refractivity contribution in [3.05, 3.63) is 120 Å². The highest BCUT2D eigenvalue weighted by atomic mass is 16.6. The van der Waals surface area contributed by atoms with Gasteiger partial charge in [-0.15, -0.1) is 0 Å². The molecule has 210 valence electrons. The van der Waals surface area contributed by atoms with Crippen LogP contribution in [0.4, 0.5) is 0 Å². The van der Waals surface area contributed by atoms with Crippen molar-refractivity contribution >= 4 is 10.8 Å². The van der Waals surface area contributed by atoms with E-state index in [0.717, 1.165) is 29.5 Å². The maximum Gasteiger partial charge on any atom is 0.108 e. The molecular formula is C35H40O5. The molecule has 40 heavy (non-hydrogen) atoms. The van der Waals surface area contributed by atoms with Crippen molar-refractivity contribution in [1.82, 2.24) is 0 Å². The Hall–Kier alpha value is -3.06. The summed E-state index contributed by atoms with van der Waals surface area (Å²) < 4.78 is 25.6. The van der Waals surface area contributed by atoms with E-state index in [9.17, 15) is 5.11 Å². The van der Waals surface area contributed by atoms with Crippen molar-refractivity contribution in [3.8, 4) is 0 Å². The van der Waals surface area contributed by atoms with Gasteiger partial charge in [0.15, 0.2) is 0 Å². The van der Waals surface area contributed by atoms with Crippen LogP contribution in [-0.4, -0.2) is 42.7 Å². The van der Waals surface area contributed by atoms with Gasteiger partial charge in [0.2, 0.25) is 0 Å². The molecule has 0 spiro atoms. The van der Waals surface area contributed by atoms with E-state index in [4.69, 9.17) is 18.9 Å². The Kier molecular flexibility index (Phi) is 10.3. The molecule has 5 atom stereocenters. The highest BCUT2D eigenvalue weighted by molar-refractivity contribution is 5.82. The molecule has 1 aliphatic rings. The second-order valence-corrected chi connectivity index (χ2v) is 10.8. The first kappa shape index (κ1) is 28.5. The van der Waals surface area contributed by atoms with Crippen LogP contribution in [0.5, 0.6) is 0 Å². The molecule has 5 nitrogen and oxygen atoms in total. The highest BCUT2D eigenvalue weighted by Gasteiger charge is 2.36. The lowest BCUT2D eigenvalue weighted by atomic mass is 9.90. The third-order valence-electron chi connectivity index (χ3n) is 7.61. The van der Waals surface area contributed by atoms with Crippen LogP contribution >= 0.6 is 0 Å². The first-order chi connectivity index (χ1) is 19.7. The molecule has 0 saturated carbocycles. The van der Waals surface area contributed by atoms with Crippen molar-refractivity contribution in [1.29, 1.82) is 0 Å². The number of benzene rings is 4. The molecule has 1 heterocycles. The topological polar surface area (TPSA) is 57.2 Å². The average molecular weight is 541 g/mol. The fourth-order valence-corrected chi connectivity index (χ4v) is 5.43. The van der Waals surface area contributed by atoms with Gasteiger partial charge in [0.1, 0.15) is 12.2 Å². The van der Waals surface area contributed by atoms with Crippen molar-refractivity contribution in [2.75, 3.05) is 13.2 Å². The van der Waals surface area contributed by atoms with Crippen LogP contribution in [0.15, 0.2) is 103 Å². The van der Waals surface area contributed by atoms with E-state index in [1.54, 1.807) is 0 Å². The molecule has 0 bridgehead atoms. The molecular weight excluding hydrogens is 500 g/mol.